The molecule has 6 nitrogen and oxygen atoms in total. The summed E-state index contributed by atoms with van der Waals surface area (Å²) in [6.45, 7) is 2.40. The predicted octanol–water partition coefficient (Wildman–Crippen LogP) is 5.18. The third kappa shape index (κ3) is 5.40. The van der Waals surface area contributed by atoms with Crippen molar-refractivity contribution in [3.8, 4) is 17.1 Å². The summed E-state index contributed by atoms with van der Waals surface area (Å²) >= 11 is 1.25. The van der Waals surface area contributed by atoms with E-state index in [-0.39, 0.29) is 17.5 Å². The summed E-state index contributed by atoms with van der Waals surface area (Å²) in [6.07, 6.45) is 0. The largest absolute Gasteiger partial charge is 0.495 e. The number of rotatable bonds is 8. The van der Waals surface area contributed by atoms with Crippen molar-refractivity contribution >= 4 is 23.4 Å². The normalized spacial score (nSPS) is 10.8. The molecule has 0 spiro atoms. The average molecular weight is 463 g/mol. The fourth-order valence-electron chi connectivity index (χ4n) is 3.38. The van der Waals surface area contributed by atoms with Crippen molar-refractivity contribution in [2.75, 3.05) is 18.2 Å². The first-order valence-corrected chi connectivity index (χ1v) is 11.3. The molecule has 0 unspecified atom stereocenters. The van der Waals surface area contributed by atoms with Gasteiger partial charge < -0.3 is 10.1 Å². The second-order valence-electron chi connectivity index (χ2n) is 7.40. The molecule has 0 aliphatic heterocycles. The van der Waals surface area contributed by atoms with E-state index in [0.29, 0.717) is 34.5 Å². The lowest BCUT2D eigenvalue weighted by Crippen LogP contribution is -2.15. The van der Waals surface area contributed by atoms with Crippen molar-refractivity contribution in [2.24, 2.45) is 0 Å². The molecule has 168 valence electrons. The number of benzene rings is 3. The maximum atomic E-state index is 14.5. The third-order valence-corrected chi connectivity index (χ3v) is 5.94. The number of methoxy groups -OCH3 is 1. The molecule has 33 heavy (non-hydrogen) atoms. The van der Waals surface area contributed by atoms with E-state index in [1.54, 1.807) is 25.3 Å². The Hall–Kier alpha value is -3.65. The summed E-state index contributed by atoms with van der Waals surface area (Å²) in [6, 6.07) is 21.8. The lowest BCUT2D eigenvalue weighted by Gasteiger charge is -2.12. The number of nitrogens with one attached hydrogen (secondary N) is 1. The van der Waals surface area contributed by atoms with Crippen LogP contribution < -0.4 is 10.1 Å². The second kappa shape index (κ2) is 10.3. The van der Waals surface area contributed by atoms with Gasteiger partial charge >= 0.3 is 0 Å². The molecule has 0 bridgehead atoms. The van der Waals surface area contributed by atoms with Crippen LogP contribution >= 0.6 is 11.8 Å². The number of amides is 1. The maximum Gasteiger partial charge on any atom is 0.234 e. The smallest absolute Gasteiger partial charge is 0.234 e. The number of aryl methyl sites for hydroxylation is 1. The van der Waals surface area contributed by atoms with Crippen molar-refractivity contribution in [3.05, 3.63) is 89.7 Å². The Kier molecular flexibility index (Phi) is 7.04. The number of hydrogen-bond acceptors (Lipinski definition) is 5. The average Bonchev–Trinajstić information content (AvgIpc) is 3.21. The number of halogens is 1. The first-order chi connectivity index (χ1) is 16.0. The topological polar surface area (TPSA) is 69.0 Å². The minimum Gasteiger partial charge on any atom is -0.495 e. The van der Waals surface area contributed by atoms with Gasteiger partial charge in [0.15, 0.2) is 11.0 Å². The van der Waals surface area contributed by atoms with Gasteiger partial charge in [0.05, 0.1) is 30.7 Å². The van der Waals surface area contributed by atoms with Crippen LogP contribution in [0.15, 0.2) is 78.0 Å². The van der Waals surface area contributed by atoms with E-state index < -0.39 is 0 Å². The number of carbonyl (C=O) groups excluding carboxylic acids is 1. The van der Waals surface area contributed by atoms with Gasteiger partial charge in [0.25, 0.3) is 0 Å². The van der Waals surface area contributed by atoms with Gasteiger partial charge in [-0.05, 0) is 42.3 Å². The Labute approximate surface area is 195 Å². The van der Waals surface area contributed by atoms with Crippen molar-refractivity contribution in [3.63, 3.8) is 0 Å². The molecular formula is C25H23FN4O2S. The first-order valence-electron chi connectivity index (χ1n) is 10.3. The molecule has 1 heterocycles. The molecule has 4 rings (SSSR count). The van der Waals surface area contributed by atoms with Crippen LogP contribution in [0, 0.1) is 12.7 Å². The minimum atomic E-state index is -0.375. The zero-order valence-electron chi connectivity index (χ0n) is 18.3. The predicted molar refractivity (Wildman–Crippen MR) is 128 cm³/mol. The molecule has 8 heteroatoms. The Morgan fingerprint density at radius 1 is 1.06 bits per heavy atom. The molecule has 3 aromatic carbocycles. The van der Waals surface area contributed by atoms with E-state index in [1.165, 1.54) is 17.8 Å². The molecule has 0 saturated heterocycles. The van der Waals surface area contributed by atoms with E-state index in [9.17, 15) is 9.18 Å². The molecule has 1 aromatic heterocycles. The van der Waals surface area contributed by atoms with Crippen LogP contribution in [0.2, 0.25) is 0 Å². The first kappa shape index (κ1) is 22.5. The summed E-state index contributed by atoms with van der Waals surface area (Å²) in [5, 5.41) is 11.9. The Balaban J connectivity index is 1.57. The quantitative estimate of drug-likeness (QED) is 0.366. The van der Waals surface area contributed by atoms with Crippen molar-refractivity contribution < 1.29 is 13.9 Å². The number of ether oxygens (including phenoxy) is 1. The Morgan fingerprint density at radius 3 is 2.58 bits per heavy atom. The van der Waals surface area contributed by atoms with Crippen molar-refractivity contribution in [1.29, 1.82) is 0 Å². The number of hydrogen-bond donors (Lipinski definition) is 1. The van der Waals surface area contributed by atoms with Crippen molar-refractivity contribution in [2.45, 2.75) is 18.6 Å². The molecule has 0 aliphatic carbocycles. The lowest BCUT2D eigenvalue weighted by atomic mass is 10.2. The van der Waals surface area contributed by atoms with Gasteiger partial charge in [0.2, 0.25) is 5.91 Å². The van der Waals surface area contributed by atoms with Gasteiger partial charge in [-0.3, -0.25) is 9.36 Å². The van der Waals surface area contributed by atoms with Crippen LogP contribution in [-0.2, 0) is 11.3 Å². The maximum absolute atomic E-state index is 14.5. The fourth-order valence-corrected chi connectivity index (χ4v) is 4.12. The van der Waals surface area contributed by atoms with Crippen LogP contribution in [0.5, 0.6) is 5.75 Å². The number of thioether (sulfide) groups is 1. The summed E-state index contributed by atoms with van der Waals surface area (Å²) < 4.78 is 21.7. The SMILES string of the molecule is COc1ccc(C)cc1NC(=O)CSc1nnc(-c2ccccc2F)n1Cc1ccccc1. The van der Waals surface area contributed by atoms with Crippen LogP contribution in [0.3, 0.4) is 0 Å². The minimum absolute atomic E-state index is 0.112. The van der Waals surface area contributed by atoms with Crippen LogP contribution in [0.4, 0.5) is 10.1 Å². The number of carbonyl (C=O) groups is 1. The fraction of sp³-hybridized carbons (Fsp3) is 0.160. The Morgan fingerprint density at radius 2 is 1.82 bits per heavy atom. The van der Waals surface area contributed by atoms with Gasteiger partial charge in [-0.15, -0.1) is 10.2 Å². The molecule has 4 aromatic rings. The Bertz CT molecular complexity index is 1260. The molecular weight excluding hydrogens is 439 g/mol. The highest BCUT2D eigenvalue weighted by Gasteiger charge is 2.19. The van der Waals surface area contributed by atoms with Gasteiger partial charge in [0.1, 0.15) is 11.6 Å². The van der Waals surface area contributed by atoms with E-state index in [2.05, 4.69) is 15.5 Å². The van der Waals surface area contributed by atoms with Crippen LogP contribution in [0.25, 0.3) is 11.4 Å². The van der Waals surface area contributed by atoms with E-state index in [0.717, 1.165) is 11.1 Å². The van der Waals surface area contributed by atoms with Gasteiger partial charge in [-0.25, -0.2) is 4.39 Å². The zero-order chi connectivity index (χ0) is 23.2. The van der Waals surface area contributed by atoms with E-state index >= 15 is 0 Å². The molecule has 1 amide bonds. The summed E-state index contributed by atoms with van der Waals surface area (Å²) in [5.74, 6) is 0.542. The highest BCUT2D eigenvalue weighted by molar-refractivity contribution is 7.99. The van der Waals surface area contributed by atoms with Gasteiger partial charge in [-0.2, -0.15) is 0 Å². The molecule has 0 fully saturated rings. The molecule has 1 N–H and O–H groups in total. The molecule has 0 radical (unpaired) electrons. The number of aromatic nitrogens is 3. The van der Waals surface area contributed by atoms with E-state index in [1.807, 2.05) is 60.0 Å². The van der Waals surface area contributed by atoms with Crippen LogP contribution in [-0.4, -0.2) is 33.5 Å². The second-order valence-corrected chi connectivity index (χ2v) is 8.34. The number of anilines is 1. The monoisotopic (exact) mass is 462 g/mol. The molecule has 0 saturated carbocycles. The van der Waals surface area contributed by atoms with Gasteiger partial charge in [-0.1, -0.05) is 60.3 Å². The molecule has 0 atom stereocenters. The standard InChI is InChI=1S/C25H23FN4O2S/c1-17-12-13-22(32-2)21(14-17)27-23(31)16-33-25-29-28-24(19-10-6-7-11-20(19)26)30(25)15-18-8-4-3-5-9-18/h3-14H,15-16H2,1-2H3,(H,27,31). The van der Waals surface area contributed by atoms with E-state index in [4.69, 9.17) is 4.74 Å². The summed E-state index contributed by atoms with van der Waals surface area (Å²) in [7, 11) is 1.56. The van der Waals surface area contributed by atoms with Crippen molar-refractivity contribution in [1.82, 2.24) is 14.8 Å². The number of nitrogens with zero attached hydrogens (tertiary/aromatic N) is 3. The highest BCUT2D eigenvalue weighted by atomic mass is 32.2. The van der Waals surface area contributed by atoms with Gasteiger partial charge in [0, 0.05) is 0 Å². The highest BCUT2D eigenvalue weighted by Crippen LogP contribution is 2.28. The van der Waals surface area contributed by atoms with Crippen LogP contribution in [0.1, 0.15) is 11.1 Å². The third-order valence-electron chi connectivity index (χ3n) is 4.98. The summed E-state index contributed by atoms with van der Waals surface area (Å²) in [4.78, 5) is 12.7. The lowest BCUT2D eigenvalue weighted by molar-refractivity contribution is -0.113. The molecule has 0 aliphatic rings. The zero-order valence-corrected chi connectivity index (χ0v) is 19.1. The summed E-state index contributed by atoms with van der Waals surface area (Å²) in [5.41, 5.74) is 3.00.